The van der Waals surface area contributed by atoms with Gasteiger partial charge in [-0.05, 0) is 24.6 Å². The molecule has 1 aromatic carbocycles. The molecule has 0 bridgehead atoms. The highest BCUT2D eigenvalue weighted by atomic mass is 16.5. The lowest BCUT2D eigenvalue weighted by Crippen LogP contribution is -2.28. The van der Waals surface area contributed by atoms with Crippen molar-refractivity contribution < 1.29 is 9.53 Å². The van der Waals surface area contributed by atoms with Crippen LogP contribution in [0.2, 0.25) is 0 Å². The highest BCUT2D eigenvalue weighted by molar-refractivity contribution is 5.92. The van der Waals surface area contributed by atoms with Crippen LogP contribution >= 0.6 is 0 Å². The molecule has 2 rings (SSSR count). The number of carbonyl (C=O) groups excluding carboxylic acids is 1. The maximum Gasteiger partial charge on any atom is 0.272 e. The normalized spacial score (nSPS) is 10.2. The number of benzene rings is 1. The van der Waals surface area contributed by atoms with Crippen LogP contribution in [0.3, 0.4) is 0 Å². The van der Waals surface area contributed by atoms with E-state index >= 15 is 0 Å². The van der Waals surface area contributed by atoms with Crippen molar-refractivity contribution in [1.29, 1.82) is 0 Å². The van der Waals surface area contributed by atoms with Gasteiger partial charge in [0.05, 0.1) is 12.8 Å². The van der Waals surface area contributed by atoms with Crippen LogP contribution in [0.15, 0.2) is 36.5 Å². The number of hydrogen-bond donors (Lipinski definition) is 1. The van der Waals surface area contributed by atoms with Gasteiger partial charge in [0.1, 0.15) is 11.4 Å². The van der Waals surface area contributed by atoms with Gasteiger partial charge in [-0.2, -0.15) is 0 Å². The predicted octanol–water partition coefficient (Wildman–Crippen LogP) is 3.10. The van der Waals surface area contributed by atoms with Gasteiger partial charge in [0.2, 0.25) is 5.95 Å². The second-order valence-corrected chi connectivity index (χ2v) is 5.17. The Labute approximate surface area is 136 Å². The summed E-state index contributed by atoms with van der Waals surface area (Å²) in [4.78, 5) is 22.5. The molecule has 0 atom stereocenters. The van der Waals surface area contributed by atoms with Crippen molar-refractivity contribution >= 4 is 17.5 Å². The minimum atomic E-state index is -0.107. The van der Waals surface area contributed by atoms with E-state index < -0.39 is 0 Å². The van der Waals surface area contributed by atoms with E-state index in [2.05, 4.69) is 22.2 Å². The minimum Gasteiger partial charge on any atom is -0.495 e. The number of carbonyl (C=O) groups is 1. The first-order chi connectivity index (χ1) is 11.2. The average molecular weight is 314 g/mol. The van der Waals surface area contributed by atoms with Gasteiger partial charge < -0.3 is 15.0 Å². The van der Waals surface area contributed by atoms with Crippen molar-refractivity contribution in [3.05, 3.63) is 42.2 Å². The number of methoxy groups -OCH3 is 1. The van der Waals surface area contributed by atoms with E-state index in [-0.39, 0.29) is 5.91 Å². The number of unbranched alkanes of at least 4 members (excludes halogenated alkanes) is 1. The van der Waals surface area contributed by atoms with E-state index in [4.69, 9.17) is 4.74 Å². The number of rotatable bonds is 7. The highest BCUT2D eigenvalue weighted by Gasteiger charge is 2.14. The molecule has 0 saturated heterocycles. The zero-order valence-corrected chi connectivity index (χ0v) is 13.7. The fourth-order valence-corrected chi connectivity index (χ4v) is 2.10. The average Bonchev–Trinajstić information content (AvgIpc) is 2.59. The Bertz CT molecular complexity index is 661. The molecule has 0 aliphatic rings. The summed E-state index contributed by atoms with van der Waals surface area (Å²) in [5.41, 5.74) is 1.12. The lowest BCUT2D eigenvalue weighted by molar-refractivity contribution is 0.0787. The third kappa shape index (κ3) is 4.42. The SMILES string of the molecule is CCCCN(C)C(=O)c1ccnc(Nc2ccccc2OC)n1. The van der Waals surface area contributed by atoms with E-state index in [1.165, 1.54) is 0 Å². The lowest BCUT2D eigenvalue weighted by atomic mass is 10.3. The molecule has 0 spiro atoms. The van der Waals surface area contributed by atoms with Crippen molar-refractivity contribution in [2.45, 2.75) is 19.8 Å². The molecule has 0 aliphatic heterocycles. The number of amides is 1. The third-order valence-electron chi connectivity index (χ3n) is 3.42. The van der Waals surface area contributed by atoms with Gasteiger partial charge in [-0.3, -0.25) is 4.79 Å². The zero-order valence-electron chi connectivity index (χ0n) is 13.7. The second kappa shape index (κ2) is 8.12. The van der Waals surface area contributed by atoms with E-state index in [0.29, 0.717) is 23.9 Å². The van der Waals surface area contributed by atoms with Gasteiger partial charge in [-0.25, -0.2) is 9.97 Å². The van der Waals surface area contributed by atoms with Crippen LogP contribution in [-0.4, -0.2) is 41.5 Å². The van der Waals surface area contributed by atoms with Crippen LogP contribution in [0.1, 0.15) is 30.3 Å². The summed E-state index contributed by atoms with van der Waals surface area (Å²) in [7, 11) is 3.39. The van der Waals surface area contributed by atoms with Crippen molar-refractivity contribution in [3.63, 3.8) is 0 Å². The number of hydrogen-bond acceptors (Lipinski definition) is 5. The Morgan fingerprint density at radius 1 is 1.30 bits per heavy atom. The summed E-state index contributed by atoms with van der Waals surface area (Å²) >= 11 is 0. The Morgan fingerprint density at radius 3 is 2.83 bits per heavy atom. The van der Waals surface area contributed by atoms with E-state index in [9.17, 15) is 4.79 Å². The highest BCUT2D eigenvalue weighted by Crippen LogP contribution is 2.25. The van der Waals surface area contributed by atoms with Gasteiger partial charge in [0.15, 0.2) is 0 Å². The first-order valence-corrected chi connectivity index (χ1v) is 7.64. The molecule has 2 aromatic rings. The fourth-order valence-electron chi connectivity index (χ4n) is 2.10. The molecule has 0 fully saturated rings. The molecule has 1 N–H and O–H groups in total. The monoisotopic (exact) mass is 314 g/mol. The topological polar surface area (TPSA) is 67.4 Å². The van der Waals surface area contributed by atoms with Crippen molar-refractivity contribution in [3.8, 4) is 5.75 Å². The van der Waals surface area contributed by atoms with Gasteiger partial charge >= 0.3 is 0 Å². The summed E-state index contributed by atoms with van der Waals surface area (Å²) in [6.07, 6.45) is 3.59. The molecular formula is C17H22N4O2. The van der Waals surface area contributed by atoms with Crippen molar-refractivity contribution in [2.75, 3.05) is 26.0 Å². The Kier molecular flexibility index (Phi) is 5.91. The number of para-hydroxylation sites is 2. The van der Waals surface area contributed by atoms with Gasteiger partial charge in [0, 0.05) is 19.8 Å². The van der Waals surface area contributed by atoms with Crippen LogP contribution in [0.25, 0.3) is 0 Å². The molecule has 23 heavy (non-hydrogen) atoms. The van der Waals surface area contributed by atoms with Crippen LogP contribution in [0.4, 0.5) is 11.6 Å². The lowest BCUT2D eigenvalue weighted by Gasteiger charge is -2.16. The molecule has 0 unspecified atom stereocenters. The van der Waals surface area contributed by atoms with Gasteiger partial charge in [-0.1, -0.05) is 25.5 Å². The van der Waals surface area contributed by atoms with Crippen LogP contribution in [0.5, 0.6) is 5.75 Å². The molecule has 0 aliphatic carbocycles. The molecule has 0 radical (unpaired) electrons. The van der Waals surface area contributed by atoms with Crippen molar-refractivity contribution in [1.82, 2.24) is 14.9 Å². The van der Waals surface area contributed by atoms with Crippen LogP contribution < -0.4 is 10.1 Å². The summed E-state index contributed by atoms with van der Waals surface area (Å²) in [6, 6.07) is 9.10. The second-order valence-electron chi connectivity index (χ2n) is 5.17. The van der Waals surface area contributed by atoms with E-state index in [1.807, 2.05) is 24.3 Å². The fraction of sp³-hybridized carbons (Fsp3) is 0.353. The van der Waals surface area contributed by atoms with Gasteiger partial charge in [0.25, 0.3) is 5.91 Å². The van der Waals surface area contributed by atoms with Crippen LogP contribution in [0, 0.1) is 0 Å². The zero-order chi connectivity index (χ0) is 16.7. The standard InChI is InChI=1S/C17H22N4O2/c1-4-5-12-21(2)16(22)14-10-11-18-17(20-14)19-13-8-6-7-9-15(13)23-3/h6-11H,4-5,12H2,1-3H3,(H,18,19,20). The smallest absolute Gasteiger partial charge is 0.272 e. The van der Waals surface area contributed by atoms with E-state index in [0.717, 1.165) is 18.5 Å². The largest absolute Gasteiger partial charge is 0.495 e. The number of anilines is 2. The maximum atomic E-state index is 12.4. The minimum absolute atomic E-state index is 0.107. The molecule has 1 aromatic heterocycles. The molecule has 1 heterocycles. The van der Waals surface area contributed by atoms with Crippen LogP contribution in [-0.2, 0) is 0 Å². The summed E-state index contributed by atoms with van der Waals surface area (Å²) in [5, 5.41) is 3.08. The summed E-state index contributed by atoms with van der Waals surface area (Å²) < 4.78 is 5.28. The Morgan fingerprint density at radius 2 is 2.09 bits per heavy atom. The third-order valence-corrected chi connectivity index (χ3v) is 3.42. The maximum absolute atomic E-state index is 12.4. The first-order valence-electron chi connectivity index (χ1n) is 7.64. The van der Waals surface area contributed by atoms with E-state index in [1.54, 1.807) is 31.3 Å². The molecule has 122 valence electrons. The quantitative estimate of drug-likeness (QED) is 0.850. The molecule has 0 saturated carbocycles. The number of ether oxygens (including phenoxy) is 1. The Balaban J connectivity index is 2.15. The number of aromatic nitrogens is 2. The molecule has 6 nitrogen and oxygen atoms in total. The molecular weight excluding hydrogens is 292 g/mol. The number of nitrogens with one attached hydrogen (secondary N) is 1. The van der Waals surface area contributed by atoms with Crippen molar-refractivity contribution in [2.24, 2.45) is 0 Å². The predicted molar refractivity (Wildman–Crippen MR) is 90.2 cm³/mol. The Hall–Kier alpha value is -2.63. The first kappa shape index (κ1) is 16.7. The number of nitrogens with zero attached hydrogens (tertiary/aromatic N) is 3. The summed E-state index contributed by atoms with van der Waals surface area (Å²) in [5.74, 6) is 0.945. The molecule has 1 amide bonds. The van der Waals surface area contributed by atoms with Gasteiger partial charge in [-0.15, -0.1) is 0 Å². The molecule has 6 heteroatoms. The summed E-state index contributed by atoms with van der Waals surface area (Å²) in [6.45, 7) is 2.81.